The van der Waals surface area contributed by atoms with Crippen molar-refractivity contribution in [2.45, 2.75) is 18.2 Å². The minimum Gasteiger partial charge on any atom is -0.211 e. The van der Waals surface area contributed by atoms with Crippen LogP contribution in [0.4, 0.5) is 0 Å². The van der Waals surface area contributed by atoms with Crippen molar-refractivity contribution in [2.75, 3.05) is 6.54 Å². The number of allylic oxidation sites excluding steroid dienone is 1. The Morgan fingerprint density at radius 3 is 2.69 bits per heavy atom. The maximum absolute atomic E-state index is 11.9. The summed E-state index contributed by atoms with van der Waals surface area (Å²) in [5, 5.41) is 0. The normalized spacial score (nSPS) is 12.4. The molecule has 0 aliphatic carbocycles. The molecule has 0 fully saturated rings. The molecule has 0 bridgehead atoms. The van der Waals surface area contributed by atoms with Crippen LogP contribution in [0.15, 0.2) is 30.7 Å². The topological polar surface area (TPSA) is 46.2 Å². The largest absolute Gasteiger partial charge is 0.242 e. The first-order chi connectivity index (χ1) is 7.47. The van der Waals surface area contributed by atoms with E-state index in [-0.39, 0.29) is 4.90 Å². The van der Waals surface area contributed by atoms with E-state index in [1.54, 1.807) is 6.07 Å². The third-order valence-corrected chi connectivity index (χ3v) is 5.97. The Morgan fingerprint density at radius 1 is 1.50 bits per heavy atom. The second-order valence-corrected chi connectivity index (χ2v) is 8.43. The van der Waals surface area contributed by atoms with Crippen LogP contribution in [-0.4, -0.2) is 15.0 Å². The molecule has 0 spiro atoms. The van der Waals surface area contributed by atoms with Crippen LogP contribution in [0.1, 0.15) is 13.3 Å². The van der Waals surface area contributed by atoms with E-state index in [0.29, 0.717) is 16.8 Å². The van der Waals surface area contributed by atoms with Gasteiger partial charge in [-0.05, 0) is 51.3 Å². The number of halogens is 2. The summed E-state index contributed by atoms with van der Waals surface area (Å²) >= 11 is 7.82. The summed E-state index contributed by atoms with van der Waals surface area (Å²) in [6, 6.07) is 1.59. The van der Waals surface area contributed by atoms with Crippen LogP contribution in [-0.2, 0) is 10.0 Å². The van der Waals surface area contributed by atoms with E-state index in [1.807, 2.05) is 19.1 Å². The molecular weight excluding hydrogens is 378 g/mol. The number of hydrogen-bond acceptors (Lipinski definition) is 3. The van der Waals surface area contributed by atoms with Gasteiger partial charge in [0, 0.05) is 6.54 Å². The Balaban J connectivity index is 2.74. The Kier molecular flexibility index (Phi) is 5.66. The van der Waals surface area contributed by atoms with E-state index in [2.05, 4.69) is 36.6 Å². The Labute approximate surface area is 116 Å². The summed E-state index contributed by atoms with van der Waals surface area (Å²) in [5.74, 6) is 0. The molecular formula is C9H11Br2NO2S2. The van der Waals surface area contributed by atoms with E-state index in [1.165, 1.54) is 11.3 Å². The fourth-order valence-corrected chi connectivity index (χ4v) is 5.89. The highest BCUT2D eigenvalue weighted by Gasteiger charge is 2.19. The smallest absolute Gasteiger partial charge is 0.211 e. The molecule has 0 saturated carbocycles. The summed E-state index contributed by atoms with van der Waals surface area (Å²) in [5.41, 5.74) is 0. The highest BCUT2D eigenvalue weighted by molar-refractivity contribution is 9.12. The average Bonchev–Trinajstić information content (AvgIpc) is 2.53. The van der Waals surface area contributed by atoms with Gasteiger partial charge in [-0.3, -0.25) is 0 Å². The van der Waals surface area contributed by atoms with Crippen LogP contribution < -0.4 is 4.72 Å². The van der Waals surface area contributed by atoms with Gasteiger partial charge in [-0.15, -0.1) is 11.3 Å². The minimum absolute atomic E-state index is 0.282. The average molecular weight is 389 g/mol. The van der Waals surface area contributed by atoms with Crippen molar-refractivity contribution in [1.82, 2.24) is 4.72 Å². The number of hydrogen-bond donors (Lipinski definition) is 1. The van der Waals surface area contributed by atoms with Gasteiger partial charge >= 0.3 is 0 Å². The lowest BCUT2D eigenvalue weighted by atomic mass is 10.4. The summed E-state index contributed by atoms with van der Waals surface area (Å²) < 4.78 is 27.6. The highest BCUT2D eigenvalue weighted by Crippen LogP contribution is 2.34. The molecule has 0 atom stereocenters. The SMILES string of the molecule is C/C=C/CCNS(=O)(=O)c1cc(Br)sc1Br. The fraction of sp³-hybridized carbons (Fsp3) is 0.333. The van der Waals surface area contributed by atoms with Crippen molar-refractivity contribution in [3.05, 3.63) is 25.8 Å². The van der Waals surface area contributed by atoms with E-state index < -0.39 is 10.0 Å². The molecule has 0 radical (unpaired) electrons. The summed E-state index contributed by atoms with van der Waals surface area (Å²) in [4.78, 5) is 0.282. The van der Waals surface area contributed by atoms with E-state index >= 15 is 0 Å². The molecule has 90 valence electrons. The Hall–Kier alpha value is 0.310. The lowest BCUT2D eigenvalue weighted by molar-refractivity contribution is 0.582. The monoisotopic (exact) mass is 387 g/mol. The number of rotatable bonds is 5. The molecule has 16 heavy (non-hydrogen) atoms. The van der Waals surface area contributed by atoms with Crippen LogP contribution >= 0.6 is 43.2 Å². The number of sulfonamides is 1. The predicted octanol–water partition coefficient (Wildman–Crippen LogP) is 3.52. The third-order valence-electron chi connectivity index (χ3n) is 1.75. The molecule has 0 amide bonds. The molecule has 0 aliphatic heterocycles. The maximum atomic E-state index is 11.9. The van der Waals surface area contributed by atoms with E-state index in [9.17, 15) is 8.42 Å². The van der Waals surface area contributed by atoms with Crippen molar-refractivity contribution in [2.24, 2.45) is 0 Å². The van der Waals surface area contributed by atoms with Gasteiger partial charge in [0.1, 0.15) is 4.90 Å². The molecule has 0 saturated heterocycles. The van der Waals surface area contributed by atoms with Crippen LogP contribution in [0.3, 0.4) is 0 Å². The molecule has 0 unspecified atom stereocenters. The molecule has 3 nitrogen and oxygen atoms in total. The van der Waals surface area contributed by atoms with Crippen molar-refractivity contribution in [1.29, 1.82) is 0 Å². The molecule has 1 N–H and O–H groups in total. The zero-order valence-corrected chi connectivity index (χ0v) is 13.3. The molecule has 0 aromatic carbocycles. The van der Waals surface area contributed by atoms with Gasteiger partial charge in [0.2, 0.25) is 10.0 Å². The quantitative estimate of drug-likeness (QED) is 0.619. The van der Waals surface area contributed by atoms with Crippen LogP contribution in [0.2, 0.25) is 0 Å². The molecule has 7 heteroatoms. The first kappa shape index (κ1) is 14.4. The molecule has 1 aromatic rings. The van der Waals surface area contributed by atoms with Crippen LogP contribution in [0.5, 0.6) is 0 Å². The van der Waals surface area contributed by atoms with E-state index in [4.69, 9.17) is 0 Å². The number of nitrogens with one attached hydrogen (secondary N) is 1. The summed E-state index contributed by atoms with van der Waals surface area (Å²) in [7, 11) is -3.40. The minimum atomic E-state index is -3.40. The van der Waals surface area contributed by atoms with Gasteiger partial charge in [0.25, 0.3) is 0 Å². The second-order valence-electron chi connectivity index (χ2n) is 2.94. The van der Waals surface area contributed by atoms with Gasteiger partial charge in [-0.1, -0.05) is 12.2 Å². The van der Waals surface area contributed by atoms with Crippen molar-refractivity contribution < 1.29 is 8.42 Å². The maximum Gasteiger partial charge on any atom is 0.242 e. The predicted molar refractivity (Wildman–Crippen MR) is 74.3 cm³/mol. The van der Waals surface area contributed by atoms with Crippen LogP contribution in [0.25, 0.3) is 0 Å². The Morgan fingerprint density at radius 2 is 2.19 bits per heavy atom. The molecule has 1 heterocycles. The lowest BCUT2D eigenvalue weighted by Crippen LogP contribution is -2.24. The standard InChI is InChI=1S/C9H11Br2NO2S2/c1-2-3-4-5-12-16(13,14)7-6-8(10)15-9(7)11/h2-3,6,12H,4-5H2,1H3/b3-2+. The molecule has 0 aliphatic rings. The van der Waals surface area contributed by atoms with Gasteiger partial charge < -0.3 is 0 Å². The van der Waals surface area contributed by atoms with Gasteiger partial charge in [0.15, 0.2) is 0 Å². The Bertz CT molecular complexity index is 480. The second kappa shape index (κ2) is 6.30. The summed E-state index contributed by atoms with van der Waals surface area (Å²) in [6.07, 6.45) is 4.51. The van der Waals surface area contributed by atoms with Crippen molar-refractivity contribution in [3.63, 3.8) is 0 Å². The van der Waals surface area contributed by atoms with Gasteiger partial charge in [-0.25, -0.2) is 13.1 Å². The van der Waals surface area contributed by atoms with Gasteiger partial charge in [0.05, 0.1) is 7.57 Å². The van der Waals surface area contributed by atoms with Gasteiger partial charge in [-0.2, -0.15) is 0 Å². The first-order valence-corrected chi connectivity index (χ1v) is 8.41. The van der Waals surface area contributed by atoms with Crippen molar-refractivity contribution in [3.8, 4) is 0 Å². The zero-order valence-electron chi connectivity index (χ0n) is 8.54. The number of thiophene rings is 1. The fourth-order valence-electron chi connectivity index (χ4n) is 1.03. The lowest BCUT2D eigenvalue weighted by Gasteiger charge is -2.03. The molecule has 1 rings (SSSR count). The molecule has 1 aromatic heterocycles. The highest BCUT2D eigenvalue weighted by atomic mass is 79.9. The zero-order chi connectivity index (χ0) is 12.2. The summed E-state index contributed by atoms with van der Waals surface area (Å²) in [6.45, 7) is 2.31. The van der Waals surface area contributed by atoms with E-state index in [0.717, 1.165) is 3.79 Å². The van der Waals surface area contributed by atoms with Crippen molar-refractivity contribution >= 4 is 53.2 Å². The first-order valence-electron chi connectivity index (χ1n) is 4.53. The van der Waals surface area contributed by atoms with Crippen LogP contribution in [0, 0.1) is 0 Å². The third kappa shape index (κ3) is 3.96.